The zero-order valence-electron chi connectivity index (χ0n) is 19.8. The lowest BCUT2D eigenvalue weighted by Gasteiger charge is -2.25. The van der Waals surface area contributed by atoms with Crippen molar-refractivity contribution in [1.29, 1.82) is 0 Å². The molecule has 0 amide bonds. The minimum Gasteiger partial charge on any atom is -0.340 e. The molecule has 2 aliphatic carbocycles. The van der Waals surface area contributed by atoms with Crippen LogP contribution in [0.25, 0.3) is 28.4 Å². The van der Waals surface area contributed by atoms with E-state index < -0.39 is 51.1 Å². The highest BCUT2D eigenvalue weighted by molar-refractivity contribution is 7.91. The molecule has 2 aromatic heterocycles. The van der Waals surface area contributed by atoms with Gasteiger partial charge in [-0.1, -0.05) is 6.92 Å². The minimum absolute atomic E-state index is 0.00574. The highest BCUT2D eigenvalue weighted by Gasteiger charge is 2.51. The number of aryl methyl sites for hydroxylation is 1. The van der Waals surface area contributed by atoms with Gasteiger partial charge in [0.1, 0.15) is 17.2 Å². The first kappa shape index (κ1) is 25.6. The van der Waals surface area contributed by atoms with Gasteiger partial charge in [0, 0.05) is 36.1 Å². The van der Waals surface area contributed by atoms with Crippen molar-refractivity contribution in [2.75, 3.05) is 5.75 Å². The number of allylic oxidation sites excluding steroid dienone is 1. The van der Waals surface area contributed by atoms with Crippen LogP contribution in [0, 0.1) is 11.8 Å². The summed E-state index contributed by atoms with van der Waals surface area (Å²) in [5, 5.41) is 0.0644. The van der Waals surface area contributed by atoms with Crippen molar-refractivity contribution in [3.05, 3.63) is 40.9 Å². The lowest BCUT2D eigenvalue weighted by molar-refractivity contribution is -0.142. The van der Waals surface area contributed by atoms with Gasteiger partial charge >= 0.3 is 12.4 Å². The van der Waals surface area contributed by atoms with E-state index in [1.807, 2.05) is 0 Å². The van der Waals surface area contributed by atoms with Gasteiger partial charge in [-0.15, -0.1) is 0 Å². The smallest absolute Gasteiger partial charge is 0.340 e. The van der Waals surface area contributed by atoms with Gasteiger partial charge in [0.15, 0.2) is 15.6 Å². The number of imidazole rings is 1. The van der Waals surface area contributed by atoms with Gasteiger partial charge < -0.3 is 9.13 Å². The molecule has 2 aliphatic rings. The molecule has 0 radical (unpaired) electrons. The van der Waals surface area contributed by atoms with Crippen LogP contribution in [0.3, 0.4) is 0 Å². The molecule has 1 atom stereocenters. The number of carbonyl (C=O) groups excluding carboxylic acids is 1. The van der Waals surface area contributed by atoms with E-state index in [0.29, 0.717) is 12.8 Å². The molecule has 5 rings (SSSR count). The number of alkyl halides is 6. The van der Waals surface area contributed by atoms with Crippen molar-refractivity contribution < 1.29 is 39.6 Å². The Kier molecular flexibility index (Phi) is 5.49. The van der Waals surface area contributed by atoms with E-state index >= 15 is 0 Å². The van der Waals surface area contributed by atoms with Crippen LogP contribution in [0.1, 0.15) is 41.6 Å². The molecule has 0 aliphatic heterocycles. The highest BCUT2D eigenvalue weighted by Crippen LogP contribution is 2.50. The topological polar surface area (TPSA) is 74.0 Å². The predicted octanol–water partition coefficient (Wildman–Crippen LogP) is 5.56. The quantitative estimate of drug-likeness (QED) is 0.403. The first-order valence-electron chi connectivity index (χ1n) is 11.4. The molecule has 198 valence electrons. The zero-order chi connectivity index (χ0) is 27.2. The highest BCUT2D eigenvalue weighted by atomic mass is 32.2. The van der Waals surface area contributed by atoms with Crippen molar-refractivity contribution in [3.8, 4) is 11.4 Å². The van der Waals surface area contributed by atoms with Gasteiger partial charge in [-0.3, -0.25) is 4.79 Å². The Bertz CT molecular complexity index is 1600. The van der Waals surface area contributed by atoms with E-state index in [2.05, 4.69) is 4.98 Å². The van der Waals surface area contributed by atoms with Crippen LogP contribution < -0.4 is 0 Å². The number of rotatable bonds is 4. The Balaban J connectivity index is 1.79. The number of nitrogens with zero attached hydrogens (tertiary/aromatic N) is 3. The molecule has 1 saturated carbocycles. The monoisotopic (exact) mass is 545 g/mol. The first-order chi connectivity index (χ1) is 17.1. The number of fused-ring (bicyclic) bond motifs is 2. The molecule has 6 nitrogen and oxygen atoms in total. The van der Waals surface area contributed by atoms with Gasteiger partial charge in [-0.05, 0) is 43.0 Å². The number of sulfone groups is 1. The fraction of sp³-hybridized carbons (Fsp3) is 0.417. The first-order valence-corrected chi connectivity index (χ1v) is 13.0. The third-order valence-corrected chi connectivity index (χ3v) is 8.84. The van der Waals surface area contributed by atoms with E-state index in [1.54, 1.807) is 0 Å². The predicted molar refractivity (Wildman–Crippen MR) is 122 cm³/mol. The van der Waals surface area contributed by atoms with E-state index in [4.69, 9.17) is 0 Å². The number of halogens is 6. The number of benzene rings is 1. The minimum atomic E-state index is -4.76. The third kappa shape index (κ3) is 3.98. The summed E-state index contributed by atoms with van der Waals surface area (Å²) in [5.74, 6) is -3.08. The molecule has 13 heteroatoms. The fourth-order valence-corrected chi connectivity index (χ4v) is 6.15. The summed E-state index contributed by atoms with van der Waals surface area (Å²) in [6.45, 7) is 1.36. The van der Waals surface area contributed by atoms with Crippen LogP contribution in [-0.4, -0.2) is 40.2 Å². The van der Waals surface area contributed by atoms with Crippen molar-refractivity contribution in [3.63, 3.8) is 0 Å². The fourth-order valence-electron chi connectivity index (χ4n) is 5.06. The lowest BCUT2D eigenvalue weighted by Crippen LogP contribution is -2.32. The standard InChI is InChI=1S/C24H21F6N3O3S/c1-4-37(35,36)17-10-16-12(8-18(32(16)2)24(28,29)30)7-13(17)22-31-15-9-14(23(25,26)27)19(11-5-6-11)21(34)20(15)33(22)3/h7-11,19H,4-6H2,1-3H3. The van der Waals surface area contributed by atoms with Gasteiger partial charge in [0.2, 0.25) is 0 Å². The molecule has 3 aromatic rings. The summed E-state index contributed by atoms with van der Waals surface area (Å²) >= 11 is 0. The second-order valence-electron chi connectivity index (χ2n) is 9.40. The Hall–Kier alpha value is -3.09. The normalized spacial score (nSPS) is 18.9. The molecule has 0 spiro atoms. The average molecular weight is 546 g/mol. The van der Waals surface area contributed by atoms with E-state index in [0.717, 1.165) is 29.8 Å². The van der Waals surface area contributed by atoms with Crippen LogP contribution in [0.2, 0.25) is 0 Å². The number of aromatic nitrogens is 3. The van der Waals surface area contributed by atoms with Gasteiger partial charge in [-0.2, -0.15) is 26.3 Å². The second-order valence-corrected chi connectivity index (χ2v) is 11.6. The van der Waals surface area contributed by atoms with Crippen LogP contribution in [-0.2, 0) is 30.1 Å². The Morgan fingerprint density at radius 2 is 1.65 bits per heavy atom. The van der Waals surface area contributed by atoms with Crippen LogP contribution in [0.4, 0.5) is 26.3 Å². The van der Waals surface area contributed by atoms with Gasteiger partial charge in [-0.25, -0.2) is 13.4 Å². The lowest BCUT2D eigenvalue weighted by atomic mass is 9.83. The van der Waals surface area contributed by atoms with E-state index in [1.165, 1.54) is 24.6 Å². The second kappa shape index (κ2) is 7.95. The average Bonchev–Trinajstić information content (AvgIpc) is 3.49. The summed E-state index contributed by atoms with van der Waals surface area (Å²) < 4.78 is 110. The third-order valence-electron chi connectivity index (χ3n) is 7.08. The summed E-state index contributed by atoms with van der Waals surface area (Å²) in [6, 6.07) is 3.19. The molecule has 1 fully saturated rings. The van der Waals surface area contributed by atoms with Crippen LogP contribution in [0.15, 0.2) is 28.7 Å². The van der Waals surface area contributed by atoms with Crippen molar-refractivity contribution >= 4 is 32.6 Å². The summed E-state index contributed by atoms with van der Waals surface area (Å²) in [4.78, 5) is 17.2. The Morgan fingerprint density at radius 1 is 1.00 bits per heavy atom. The number of carbonyl (C=O) groups is 1. The largest absolute Gasteiger partial charge is 0.431 e. The van der Waals surface area contributed by atoms with E-state index in [-0.39, 0.29) is 44.3 Å². The van der Waals surface area contributed by atoms with Crippen molar-refractivity contribution in [2.24, 2.45) is 25.9 Å². The number of Topliss-reactive ketones (excluding diaryl/α,β-unsaturated/α-hetero) is 1. The summed E-state index contributed by atoms with van der Waals surface area (Å²) in [7, 11) is -1.48. The molecule has 0 bridgehead atoms. The van der Waals surface area contributed by atoms with Crippen molar-refractivity contribution in [2.45, 2.75) is 37.0 Å². The number of hydrogen-bond acceptors (Lipinski definition) is 4. The SMILES string of the molecule is CCS(=O)(=O)c1cc2c(cc1-c1nc3c(n1C)C(=O)C(C1CC1)C(C(F)(F)F)=C3)cc(C(F)(F)F)n2C. The Labute approximate surface area is 207 Å². The van der Waals surface area contributed by atoms with Crippen molar-refractivity contribution in [1.82, 2.24) is 14.1 Å². The maximum Gasteiger partial charge on any atom is 0.431 e. The maximum atomic E-state index is 13.8. The van der Waals surface area contributed by atoms with Gasteiger partial charge in [0.05, 0.1) is 22.3 Å². The molecule has 37 heavy (non-hydrogen) atoms. The summed E-state index contributed by atoms with van der Waals surface area (Å²) in [5.41, 5.74) is -2.43. The summed E-state index contributed by atoms with van der Waals surface area (Å²) in [6.07, 6.45) is -7.68. The molecule has 0 saturated heterocycles. The molecular weight excluding hydrogens is 524 g/mol. The Morgan fingerprint density at radius 3 is 2.19 bits per heavy atom. The van der Waals surface area contributed by atoms with E-state index in [9.17, 15) is 39.6 Å². The maximum absolute atomic E-state index is 13.8. The van der Waals surface area contributed by atoms with Crippen LogP contribution >= 0.6 is 0 Å². The number of hydrogen-bond donors (Lipinski definition) is 0. The molecule has 1 unspecified atom stereocenters. The molecular formula is C24H21F6N3O3S. The zero-order valence-corrected chi connectivity index (χ0v) is 20.6. The van der Waals surface area contributed by atoms with Crippen LogP contribution in [0.5, 0.6) is 0 Å². The molecule has 2 heterocycles. The number of ketones is 1. The molecule has 0 N–H and O–H groups in total. The van der Waals surface area contributed by atoms with Gasteiger partial charge in [0.25, 0.3) is 0 Å². The molecule has 1 aromatic carbocycles.